The molecule has 0 aliphatic rings. The summed E-state index contributed by atoms with van der Waals surface area (Å²) in [7, 11) is 0. The second-order valence-corrected chi connectivity index (χ2v) is 2.41. The van der Waals surface area contributed by atoms with E-state index >= 15 is 0 Å². The normalized spacial score (nSPS) is 9.50. The highest BCUT2D eigenvalue weighted by atomic mass is 16.1. The fourth-order valence-corrected chi connectivity index (χ4v) is 0.788. The summed E-state index contributed by atoms with van der Waals surface area (Å²) in [6, 6.07) is 0. The lowest BCUT2D eigenvalue weighted by Gasteiger charge is -2.01. The first kappa shape index (κ1) is 15.2. The highest BCUT2D eigenvalue weighted by molar-refractivity contribution is 5.72. The Labute approximate surface area is 87.4 Å². The second kappa shape index (κ2) is 11.7. The van der Waals surface area contributed by atoms with Crippen LogP contribution in [0.2, 0.25) is 0 Å². The van der Waals surface area contributed by atoms with Crippen molar-refractivity contribution < 1.29 is 4.79 Å². The van der Waals surface area contributed by atoms with Crippen molar-refractivity contribution in [2.45, 2.75) is 27.2 Å². The lowest BCUT2D eigenvalue weighted by atomic mass is 10.2. The highest BCUT2D eigenvalue weighted by Gasteiger charge is 1.92. The van der Waals surface area contributed by atoms with E-state index in [4.69, 9.17) is 0 Å². The minimum absolute atomic E-state index is 0.00276. The van der Waals surface area contributed by atoms with Crippen LogP contribution >= 0.6 is 0 Å². The van der Waals surface area contributed by atoms with Gasteiger partial charge in [0.05, 0.1) is 0 Å². The van der Waals surface area contributed by atoms with Crippen molar-refractivity contribution in [3.8, 4) is 0 Å². The molecule has 2 nitrogen and oxygen atoms in total. The molecule has 0 spiro atoms. The molecule has 0 aromatic rings. The Bertz CT molecular complexity index is 204. The molecule has 0 saturated heterocycles. The molecule has 1 N–H and O–H groups in total. The van der Waals surface area contributed by atoms with E-state index in [9.17, 15) is 4.79 Å². The van der Waals surface area contributed by atoms with Crippen molar-refractivity contribution in [3.63, 3.8) is 0 Å². The first-order chi connectivity index (χ1) is 6.70. The molecule has 0 aliphatic heterocycles. The summed E-state index contributed by atoms with van der Waals surface area (Å²) in [6.45, 7) is 13.4. The van der Waals surface area contributed by atoms with E-state index in [-0.39, 0.29) is 5.91 Å². The summed E-state index contributed by atoms with van der Waals surface area (Å²) in [4.78, 5) is 10.5. The molecule has 0 aromatic heterocycles. The number of hydrogen-bond donors (Lipinski definition) is 1. The minimum Gasteiger partial charge on any atom is -0.356 e. The van der Waals surface area contributed by atoms with Gasteiger partial charge in [0.2, 0.25) is 5.91 Å². The van der Waals surface area contributed by atoms with Gasteiger partial charge in [-0.05, 0) is 12.0 Å². The van der Waals surface area contributed by atoms with Gasteiger partial charge in [-0.15, -0.1) is 0 Å². The van der Waals surface area contributed by atoms with E-state index in [0.717, 1.165) is 12.0 Å². The number of carbonyl (C=O) groups excluding carboxylic acids is 1. The molecular weight excluding hydrogens is 174 g/mol. The van der Waals surface area contributed by atoms with Crippen LogP contribution in [0.5, 0.6) is 0 Å². The topological polar surface area (TPSA) is 29.1 Å². The molecule has 80 valence electrons. The summed E-state index contributed by atoms with van der Waals surface area (Å²) < 4.78 is 0. The van der Waals surface area contributed by atoms with Gasteiger partial charge >= 0.3 is 0 Å². The van der Waals surface area contributed by atoms with Crippen LogP contribution in [0.25, 0.3) is 0 Å². The summed E-state index contributed by atoms with van der Waals surface area (Å²) in [5.41, 5.74) is 1.08. The van der Waals surface area contributed by atoms with Crippen LogP contribution < -0.4 is 5.32 Å². The molecule has 0 bridgehead atoms. The Morgan fingerprint density at radius 2 is 1.93 bits per heavy atom. The lowest BCUT2D eigenvalue weighted by Crippen LogP contribution is -2.20. The summed E-state index contributed by atoms with van der Waals surface area (Å²) in [5.74, 6) is -0.00276. The molecule has 0 aliphatic carbocycles. The molecule has 0 atom stereocenters. The lowest BCUT2D eigenvalue weighted by molar-refractivity contribution is -0.118. The number of nitrogens with one attached hydrogen (secondary N) is 1. The fourth-order valence-electron chi connectivity index (χ4n) is 0.788. The molecule has 0 aromatic carbocycles. The van der Waals surface area contributed by atoms with Crippen LogP contribution in [0, 0.1) is 0 Å². The Morgan fingerprint density at radius 3 is 2.29 bits per heavy atom. The predicted molar refractivity (Wildman–Crippen MR) is 63.1 cm³/mol. The van der Waals surface area contributed by atoms with E-state index in [2.05, 4.69) is 18.5 Å². The van der Waals surface area contributed by atoms with E-state index < -0.39 is 0 Å². The standard InChI is InChI=1S/C10H15NO.C2H6/c1-4-6-10(5-2)7-8-11-9(3)12;1-2/h4-6H,1-2,7-8H2,3H3,(H,11,12);1-2H3/b10-6+;. The molecule has 0 heterocycles. The quantitative estimate of drug-likeness (QED) is 0.671. The monoisotopic (exact) mass is 195 g/mol. The fraction of sp³-hybridized carbons (Fsp3) is 0.417. The number of carbonyl (C=O) groups is 1. The zero-order valence-electron chi connectivity index (χ0n) is 9.47. The van der Waals surface area contributed by atoms with Gasteiger partial charge in [-0.2, -0.15) is 0 Å². The van der Waals surface area contributed by atoms with Crippen LogP contribution in [-0.4, -0.2) is 12.5 Å². The molecule has 0 saturated carbocycles. The minimum atomic E-state index is -0.00276. The number of allylic oxidation sites excluding steroid dienone is 3. The van der Waals surface area contributed by atoms with Gasteiger partial charge in [0.15, 0.2) is 0 Å². The largest absolute Gasteiger partial charge is 0.356 e. The Morgan fingerprint density at radius 1 is 1.36 bits per heavy atom. The number of hydrogen-bond acceptors (Lipinski definition) is 1. The van der Waals surface area contributed by atoms with Crippen LogP contribution in [0.4, 0.5) is 0 Å². The molecule has 2 heteroatoms. The van der Waals surface area contributed by atoms with Crippen molar-refractivity contribution in [3.05, 3.63) is 37.0 Å². The van der Waals surface area contributed by atoms with Crippen molar-refractivity contribution in [1.29, 1.82) is 0 Å². The third-order valence-corrected chi connectivity index (χ3v) is 1.38. The van der Waals surface area contributed by atoms with Crippen LogP contribution in [0.15, 0.2) is 37.0 Å². The van der Waals surface area contributed by atoms with Gasteiger partial charge in [-0.3, -0.25) is 4.79 Å². The molecule has 14 heavy (non-hydrogen) atoms. The van der Waals surface area contributed by atoms with Crippen LogP contribution in [0.1, 0.15) is 27.2 Å². The molecule has 0 rings (SSSR count). The zero-order chi connectivity index (χ0) is 11.4. The Balaban J connectivity index is 0. The average Bonchev–Trinajstić information content (AvgIpc) is 2.19. The van der Waals surface area contributed by atoms with Gasteiger partial charge < -0.3 is 5.32 Å². The summed E-state index contributed by atoms with van der Waals surface area (Å²) in [6.07, 6.45) is 6.16. The third-order valence-electron chi connectivity index (χ3n) is 1.38. The first-order valence-corrected chi connectivity index (χ1v) is 4.89. The molecular formula is C12H21NO. The van der Waals surface area contributed by atoms with E-state index in [1.54, 1.807) is 12.2 Å². The Kier molecular flexibility index (Phi) is 12.7. The maximum absolute atomic E-state index is 10.5. The summed E-state index contributed by atoms with van der Waals surface area (Å²) >= 11 is 0. The van der Waals surface area contributed by atoms with Gasteiger partial charge in [0.25, 0.3) is 0 Å². The van der Waals surface area contributed by atoms with E-state index in [0.29, 0.717) is 6.54 Å². The smallest absolute Gasteiger partial charge is 0.216 e. The molecule has 0 fully saturated rings. The van der Waals surface area contributed by atoms with Gasteiger partial charge in [-0.25, -0.2) is 0 Å². The van der Waals surface area contributed by atoms with Crippen LogP contribution in [-0.2, 0) is 4.79 Å². The Hall–Kier alpha value is -1.31. The van der Waals surface area contributed by atoms with Crippen molar-refractivity contribution >= 4 is 5.91 Å². The van der Waals surface area contributed by atoms with Crippen LogP contribution in [0.3, 0.4) is 0 Å². The van der Waals surface area contributed by atoms with Gasteiger partial charge in [0.1, 0.15) is 0 Å². The SMILES string of the molecule is C=C/C=C(\C=C)CCNC(C)=O.CC. The maximum atomic E-state index is 10.5. The second-order valence-electron chi connectivity index (χ2n) is 2.41. The van der Waals surface area contributed by atoms with E-state index in [1.807, 2.05) is 19.9 Å². The highest BCUT2D eigenvalue weighted by Crippen LogP contribution is 2.00. The van der Waals surface area contributed by atoms with Crippen molar-refractivity contribution in [1.82, 2.24) is 5.32 Å². The first-order valence-electron chi connectivity index (χ1n) is 4.89. The van der Waals surface area contributed by atoms with Gasteiger partial charge in [-0.1, -0.05) is 45.2 Å². The van der Waals surface area contributed by atoms with Crippen molar-refractivity contribution in [2.24, 2.45) is 0 Å². The third kappa shape index (κ3) is 10.7. The van der Waals surface area contributed by atoms with Gasteiger partial charge in [0, 0.05) is 13.5 Å². The number of rotatable bonds is 5. The zero-order valence-corrected chi connectivity index (χ0v) is 9.47. The molecule has 0 radical (unpaired) electrons. The maximum Gasteiger partial charge on any atom is 0.216 e. The summed E-state index contributed by atoms with van der Waals surface area (Å²) in [5, 5.41) is 2.71. The average molecular weight is 195 g/mol. The predicted octanol–water partition coefficient (Wildman–Crippen LogP) is 2.84. The number of amides is 1. The molecule has 1 amide bonds. The van der Waals surface area contributed by atoms with Crippen molar-refractivity contribution in [2.75, 3.05) is 6.54 Å². The van der Waals surface area contributed by atoms with E-state index in [1.165, 1.54) is 6.92 Å². The molecule has 0 unspecified atom stereocenters.